The lowest BCUT2D eigenvalue weighted by Crippen LogP contribution is -2.29. The normalized spacial score (nSPS) is 12.8. The molecule has 118 valence electrons. The first-order valence-electron chi connectivity index (χ1n) is 7.68. The molecule has 0 fully saturated rings. The van der Waals surface area contributed by atoms with Gasteiger partial charge in [-0.3, -0.25) is 9.59 Å². The van der Waals surface area contributed by atoms with Crippen LogP contribution in [-0.2, 0) is 19.1 Å². The minimum atomic E-state index is -0.456. The molecule has 0 rings (SSSR count). The third-order valence-electron chi connectivity index (χ3n) is 2.89. The summed E-state index contributed by atoms with van der Waals surface area (Å²) in [5, 5.41) is 0. The van der Waals surface area contributed by atoms with Crippen LogP contribution in [0.3, 0.4) is 0 Å². The average Bonchev–Trinajstić information content (AvgIpc) is 2.31. The summed E-state index contributed by atoms with van der Waals surface area (Å²) in [6.07, 6.45) is 4.62. The molecule has 0 saturated heterocycles. The van der Waals surface area contributed by atoms with E-state index in [4.69, 9.17) is 9.47 Å². The average molecular weight is 286 g/mol. The summed E-state index contributed by atoms with van der Waals surface area (Å²) >= 11 is 0. The van der Waals surface area contributed by atoms with Crippen LogP contribution in [0.15, 0.2) is 0 Å². The van der Waals surface area contributed by atoms with Crippen LogP contribution in [0.1, 0.15) is 73.1 Å². The maximum Gasteiger partial charge on any atom is 0.309 e. The summed E-state index contributed by atoms with van der Waals surface area (Å²) in [5.74, 6) is -0.440. The highest BCUT2D eigenvalue weighted by atomic mass is 16.6. The van der Waals surface area contributed by atoms with Crippen LogP contribution < -0.4 is 0 Å². The molecule has 0 aromatic heterocycles. The van der Waals surface area contributed by atoms with Crippen molar-refractivity contribution in [3.63, 3.8) is 0 Å². The van der Waals surface area contributed by atoms with Gasteiger partial charge in [-0.05, 0) is 47.0 Å². The number of carbonyl (C=O) groups excluding carboxylic acids is 2. The Hall–Kier alpha value is -1.06. The Morgan fingerprint density at radius 1 is 1.05 bits per heavy atom. The fraction of sp³-hybridized carbons (Fsp3) is 0.875. The topological polar surface area (TPSA) is 52.6 Å². The van der Waals surface area contributed by atoms with Gasteiger partial charge in [0.2, 0.25) is 0 Å². The van der Waals surface area contributed by atoms with E-state index in [0.29, 0.717) is 25.9 Å². The Morgan fingerprint density at radius 3 is 2.15 bits per heavy atom. The van der Waals surface area contributed by atoms with Gasteiger partial charge < -0.3 is 9.47 Å². The van der Waals surface area contributed by atoms with Crippen molar-refractivity contribution in [3.05, 3.63) is 0 Å². The molecule has 0 aromatic rings. The van der Waals surface area contributed by atoms with Crippen molar-refractivity contribution in [1.82, 2.24) is 0 Å². The Bertz CT molecular complexity index is 291. The number of carbonyl (C=O) groups is 2. The van der Waals surface area contributed by atoms with Crippen LogP contribution in [0.4, 0.5) is 0 Å². The number of esters is 2. The van der Waals surface area contributed by atoms with Gasteiger partial charge in [-0.2, -0.15) is 0 Å². The van der Waals surface area contributed by atoms with E-state index in [1.165, 1.54) is 0 Å². The van der Waals surface area contributed by atoms with Gasteiger partial charge in [-0.15, -0.1) is 0 Å². The number of rotatable bonds is 9. The first-order chi connectivity index (χ1) is 9.30. The molecule has 0 radical (unpaired) electrons. The number of unbranched alkanes of at least 4 members (excludes halogenated alkanes) is 1. The zero-order valence-electron chi connectivity index (χ0n) is 13.7. The van der Waals surface area contributed by atoms with Crippen molar-refractivity contribution < 1.29 is 19.1 Å². The second-order valence-corrected chi connectivity index (χ2v) is 6.07. The minimum Gasteiger partial charge on any atom is -0.466 e. The lowest BCUT2D eigenvalue weighted by atomic mass is 9.95. The van der Waals surface area contributed by atoms with Crippen molar-refractivity contribution in [3.8, 4) is 0 Å². The molecule has 0 aliphatic rings. The zero-order chi connectivity index (χ0) is 15.6. The van der Waals surface area contributed by atoms with Gasteiger partial charge in [0.05, 0.1) is 12.5 Å². The number of hydrogen-bond donors (Lipinski definition) is 0. The van der Waals surface area contributed by atoms with E-state index in [0.717, 1.165) is 19.3 Å². The Labute approximate surface area is 123 Å². The summed E-state index contributed by atoms with van der Waals surface area (Å²) < 4.78 is 10.3. The summed E-state index contributed by atoms with van der Waals surface area (Å²) in [4.78, 5) is 23.4. The third-order valence-corrected chi connectivity index (χ3v) is 2.89. The summed E-state index contributed by atoms with van der Waals surface area (Å²) in [6, 6.07) is 0. The quantitative estimate of drug-likeness (QED) is 0.604. The molecule has 0 saturated carbocycles. The van der Waals surface area contributed by atoms with Gasteiger partial charge in [0.15, 0.2) is 0 Å². The SMILES string of the molecule is CCCCC(CCCC(=O)OCC)C(=O)OC(C)(C)C. The van der Waals surface area contributed by atoms with Gasteiger partial charge in [-0.1, -0.05) is 19.8 Å². The molecule has 0 aromatic carbocycles. The second kappa shape index (κ2) is 9.78. The maximum atomic E-state index is 12.1. The van der Waals surface area contributed by atoms with Crippen LogP contribution in [-0.4, -0.2) is 24.1 Å². The molecule has 0 amide bonds. The minimum absolute atomic E-state index is 0.108. The lowest BCUT2D eigenvalue weighted by molar-refractivity contribution is -0.161. The molecule has 20 heavy (non-hydrogen) atoms. The molecule has 1 atom stereocenters. The molecule has 0 aliphatic heterocycles. The van der Waals surface area contributed by atoms with Crippen molar-refractivity contribution in [2.24, 2.45) is 5.92 Å². The molecule has 0 heterocycles. The monoisotopic (exact) mass is 286 g/mol. The summed E-state index contributed by atoms with van der Waals surface area (Å²) in [7, 11) is 0. The smallest absolute Gasteiger partial charge is 0.309 e. The highest BCUT2D eigenvalue weighted by Crippen LogP contribution is 2.21. The number of hydrogen-bond acceptors (Lipinski definition) is 4. The third kappa shape index (κ3) is 9.82. The van der Waals surface area contributed by atoms with Crippen molar-refractivity contribution in [2.45, 2.75) is 78.7 Å². The summed E-state index contributed by atoms with van der Waals surface area (Å²) in [6.45, 7) is 9.93. The Morgan fingerprint density at radius 2 is 1.65 bits per heavy atom. The van der Waals surface area contributed by atoms with Crippen molar-refractivity contribution in [1.29, 1.82) is 0 Å². The first kappa shape index (κ1) is 18.9. The molecule has 1 unspecified atom stereocenters. The van der Waals surface area contributed by atoms with Gasteiger partial charge in [0, 0.05) is 6.42 Å². The highest BCUT2D eigenvalue weighted by molar-refractivity contribution is 5.73. The van der Waals surface area contributed by atoms with Gasteiger partial charge >= 0.3 is 11.9 Å². The molecular weight excluding hydrogens is 256 g/mol. The lowest BCUT2D eigenvalue weighted by Gasteiger charge is -2.24. The zero-order valence-corrected chi connectivity index (χ0v) is 13.7. The molecule has 0 aliphatic carbocycles. The molecule has 4 nitrogen and oxygen atoms in total. The molecule has 0 N–H and O–H groups in total. The highest BCUT2D eigenvalue weighted by Gasteiger charge is 2.24. The summed E-state index contributed by atoms with van der Waals surface area (Å²) in [5.41, 5.74) is -0.456. The molecule has 0 bridgehead atoms. The van der Waals surface area contributed by atoms with E-state index >= 15 is 0 Å². The Kier molecular flexibility index (Phi) is 9.26. The second-order valence-electron chi connectivity index (χ2n) is 6.07. The molecule has 4 heteroatoms. The first-order valence-corrected chi connectivity index (χ1v) is 7.68. The van der Waals surface area contributed by atoms with E-state index in [9.17, 15) is 9.59 Å². The fourth-order valence-electron chi connectivity index (χ4n) is 1.94. The predicted octanol–water partition coefficient (Wildman–Crippen LogP) is 3.87. The fourth-order valence-corrected chi connectivity index (χ4v) is 1.94. The molecular formula is C16H30O4. The van der Waals surface area contributed by atoms with Crippen molar-refractivity contribution in [2.75, 3.05) is 6.61 Å². The van der Waals surface area contributed by atoms with E-state index in [2.05, 4.69) is 6.92 Å². The van der Waals surface area contributed by atoms with Crippen molar-refractivity contribution >= 4 is 11.9 Å². The maximum absolute atomic E-state index is 12.1. The van der Waals surface area contributed by atoms with Gasteiger partial charge in [0.25, 0.3) is 0 Å². The standard InChI is InChI=1S/C16H30O4/c1-6-8-10-13(15(18)20-16(3,4)5)11-9-12-14(17)19-7-2/h13H,6-12H2,1-5H3. The van der Waals surface area contributed by atoms with Crippen LogP contribution in [0.5, 0.6) is 0 Å². The van der Waals surface area contributed by atoms with E-state index in [-0.39, 0.29) is 17.9 Å². The number of ether oxygens (including phenoxy) is 2. The van der Waals surface area contributed by atoms with Crippen LogP contribution >= 0.6 is 0 Å². The van der Waals surface area contributed by atoms with Crippen LogP contribution in [0, 0.1) is 5.92 Å². The van der Waals surface area contributed by atoms with Crippen LogP contribution in [0.25, 0.3) is 0 Å². The van der Waals surface area contributed by atoms with Gasteiger partial charge in [0.1, 0.15) is 5.60 Å². The van der Waals surface area contributed by atoms with Crippen LogP contribution in [0.2, 0.25) is 0 Å². The van der Waals surface area contributed by atoms with E-state index in [1.54, 1.807) is 6.92 Å². The predicted molar refractivity (Wildman–Crippen MR) is 79.3 cm³/mol. The van der Waals surface area contributed by atoms with E-state index in [1.807, 2.05) is 20.8 Å². The van der Waals surface area contributed by atoms with E-state index < -0.39 is 5.60 Å². The Balaban J connectivity index is 4.27. The van der Waals surface area contributed by atoms with Gasteiger partial charge in [-0.25, -0.2) is 0 Å². The largest absolute Gasteiger partial charge is 0.466 e. The molecule has 0 spiro atoms.